The number of carboxylic acid groups (broad SMARTS) is 1. The Labute approximate surface area is 172 Å². The lowest BCUT2D eigenvalue weighted by Crippen LogP contribution is -2.54. The van der Waals surface area contributed by atoms with Crippen LogP contribution in [0.5, 0.6) is 0 Å². The number of nitro groups is 1. The van der Waals surface area contributed by atoms with Crippen LogP contribution in [0.3, 0.4) is 0 Å². The van der Waals surface area contributed by atoms with Crippen molar-refractivity contribution in [2.24, 2.45) is 0 Å². The second-order valence-corrected chi connectivity index (χ2v) is 8.06. The van der Waals surface area contributed by atoms with Gasteiger partial charge in [-0.25, -0.2) is 9.18 Å². The van der Waals surface area contributed by atoms with Gasteiger partial charge in [-0.2, -0.15) is 0 Å². The fraction of sp³-hybridized carbons (Fsp3) is 0.333. The molecule has 0 spiro atoms. The number of nitro benzene ring substituents is 1. The Bertz CT molecular complexity index is 1020. The minimum absolute atomic E-state index is 0.0177. The Kier molecular flexibility index (Phi) is 5.47. The maximum absolute atomic E-state index is 14.9. The van der Waals surface area contributed by atoms with E-state index < -0.39 is 34.3 Å². The highest BCUT2D eigenvalue weighted by atomic mass is 19.1. The second-order valence-electron chi connectivity index (χ2n) is 8.06. The lowest BCUT2D eigenvalue weighted by atomic mass is 10.0. The Morgan fingerprint density at radius 3 is 2.50 bits per heavy atom. The highest BCUT2D eigenvalue weighted by Crippen LogP contribution is 2.35. The van der Waals surface area contributed by atoms with E-state index in [1.807, 2.05) is 0 Å². The summed E-state index contributed by atoms with van der Waals surface area (Å²) in [5.74, 6) is -1.21. The summed E-state index contributed by atoms with van der Waals surface area (Å²) < 4.78 is 14.9. The smallest absolute Gasteiger partial charge is 0.408 e. The van der Waals surface area contributed by atoms with Crippen LogP contribution >= 0.6 is 0 Å². The number of carbonyl (C=O) groups excluding carboxylic acids is 1. The van der Waals surface area contributed by atoms with Crippen molar-refractivity contribution < 1.29 is 24.0 Å². The average molecular weight is 415 g/mol. The molecule has 0 bridgehead atoms. The molecule has 1 aliphatic rings. The van der Waals surface area contributed by atoms with E-state index in [4.69, 9.17) is 0 Å². The van der Waals surface area contributed by atoms with Crippen molar-refractivity contribution in [2.75, 3.05) is 11.4 Å². The van der Waals surface area contributed by atoms with E-state index in [0.717, 1.165) is 11.0 Å². The zero-order valence-corrected chi connectivity index (χ0v) is 16.8. The van der Waals surface area contributed by atoms with Crippen LogP contribution in [-0.2, 0) is 4.79 Å². The molecule has 158 valence electrons. The first-order valence-corrected chi connectivity index (χ1v) is 9.39. The predicted octanol–water partition coefficient (Wildman–Crippen LogP) is 4.28. The molecule has 1 heterocycles. The molecule has 0 aliphatic carbocycles. The van der Waals surface area contributed by atoms with Gasteiger partial charge in [-0.3, -0.25) is 19.8 Å². The summed E-state index contributed by atoms with van der Waals surface area (Å²) in [7, 11) is 0. The van der Waals surface area contributed by atoms with Crippen molar-refractivity contribution >= 4 is 23.4 Å². The zero-order valence-electron chi connectivity index (χ0n) is 16.8. The van der Waals surface area contributed by atoms with Crippen molar-refractivity contribution in [1.82, 2.24) is 4.90 Å². The number of hydrogen-bond donors (Lipinski definition) is 1. The molecule has 0 unspecified atom stereocenters. The first kappa shape index (κ1) is 21.2. The SMILES string of the molecule is CC(C)(C)N(C(=O)O)[C@H]1CCN(c2ccc(-c3ccccc3[N+](=O)[O-])cc2F)C1=O. The highest BCUT2D eigenvalue weighted by Gasteiger charge is 2.44. The molecular weight excluding hydrogens is 393 g/mol. The maximum atomic E-state index is 14.9. The fourth-order valence-corrected chi connectivity index (χ4v) is 3.80. The fourth-order valence-electron chi connectivity index (χ4n) is 3.80. The van der Waals surface area contributed by atoms with E-state index in [-0.39, 0.29) is 29.9 Å². The van der Waals surface area contributed by atoms with Gasteiger partial charge in [0.25, 0.3) is 5.69 Å². The van der Waals surface area contributed by atoms with Crippen LogP contribution in [0.25, 0.3) is 11.1 Å². The maximum Gasteiger partial charge on any atom is 0.408 e. The van der Waals surface area contributed by atoms with Gasteiger partial charge in [0.1, 0.15) is 11.9 Å². The van der Waals surface area contributed by atoms with Crippen molar-refractivity contribution in [3.05, 3.63) is 58.4 Å². The number of halogens is 1. The Balaban J connectivity index is 1.93. The molecular formula is C21H22FN3O5. The zero-order chi connectivity index (χ0) is 22.2. The Hall–Kier alpha value is -3.49. The van der Waals surface area contributed by atoms with E-state index in [1.165, 1.54) is 35.2 Å². The largest absolute Gasteiger partial charge is 0.465 e. The molecule has 1 saturated heterocycles. The van der Waals surface area contributed by atoms with E-state index in [9.17, 15) is 29.2 Å². The number of rotatable bonds is 4. The molecule has 8 nitrogen and oxygen atoms in total. The number of carbonyl (C=O) groups is 2. The van der Waals surface area contributed by atoms with Crippen LogP contribution in [0.4, 0.5) is 20.6 Å². The van der Waals surface area contributed by atoms with Crippen LogP contribution in [0.2, 0.25) is 0 Å². The van der Waals surface area contributed by atoms with E-state index in [0.29, 0.717) is 5.56 Å². The predicted molar refractivity (Wildman–Crippen MR) is 109 cm³/mol. The van der Waals surface area contributed by atoms with E-state index in [1.54, 1.807) is 26.8 Å². The second kappa shape index (κ2) is 7.74. The minimum Gasteiger partial charge on any atom is -0.465 e. The van der Waals surface area contributed by atoms with Crippen LogP contribution < -0.4 is 4.90 Å². The van der Waals surface area contributed by atoms with Crippen molar-refractivity contribution in [3.63, 3.8) is 0 Å². The van der Waals surface area contributed by atoms with Crippen LogP contribution in [0.1, 0.15) is 27.2 Å². The number of para-hydroxylation sites is 1. The molecule has 30 heavy (non-hydrogen) atoms. The number of amides is 2. The first-order chi connectivity index (χ1) is 14.0. The molecule has 2 aromatic rings. The quantitative estimate of drug-likeness (QED) is 0.593. The van der Waals surface area contributed by atoms with E-state index in [2.05, 4.69) is 0 Å². The van der Waals surface area contributed by atoms with Gasteiger partial charge in [0.2, 0.25) is 5.91 Å². The van der Waals surface area contributed by atoms with Gasteiger partial charge < -0.3 is 10.0 Å². The minimum atomic E-state index is -1.21. The molecule has 3 rings (SSSR count). The highest BCUT2D eigenvalue weighted by molar-refractivity contribution is 6.01. The number of nitrogens with zero attached hydrogens (tertiary/aromatic N) is 3. The summed E-state index contributed by atoms with van der Waals surface area (Å²) in [6, 6.07) is 9.16. The molecule has 1 aliphatic heterocycles. The Morgan fingerprint density at radius 2 is 1.93 bits per heavy atom. The van der Waals surface area contributed by atoms with Gasteiger partial charge in [0, 0.05) is 18.2 Å². The van der Waals surface area contributed by atoms with Crippen molar-refractivity contribution in [3.8, 4) is 11.1 Å². The number of hydrogen-bond acceptors (Lipinski definition) is 4. The molecule has 1 atom stereocenters. The van der Waals surface area contributed by atoms with Gasteiger partial charge in [-0.05, 0) is 51.0 Å². The number of anilines is 1. The Morgan fingerprint density at radius 1 is 1.27 bits per heavy atom. The third-order valence-corrected chi connectivity index (χ3v) is 5.07. The van der Waals surface area contributed by atoms with Gasteiger partial charge >= 0.3 is 6.09 Å². The van der Waals surface area contributed by atoms with Gasteiger partial charge in [0.15, 0.2) is 0 Å². The van der Waals surface area contributed by atoms with Crippen LogP contribution in [-0.4, -0.2) is 45.1 Å². The van der Waals surface area contributed by atoms with Gasteiger partial charge in [-0.1, -0.05) is 18.2 Å². The molecule has 9 heteroatoms. The van der Waals surface area contributed by atoms with Crippen molar-refractivity contribution in [2.45, 2.75) is 38.8 Å². The average Bonchev–Trinajstić information content (AvgIpc) is 3.01. The molecule has 0 radical (unpaired) electrons. The summed E-state index contributed by atoms with van der Waals surface area (Å²) >= 11 is 0. The lowest BCUT2D eigenvalue weighted by molar-refractivity contribution is -0.384. The topological polar surface area (TPSA) is 104 Å². The summed E-state index contributed by atoms with van der Waals surface area (Å²) in [6.07, 6.45) is -0.969. The summed E-state index contributed by atoms with van der Waals surface area (Å²) in [6.45, 7) is 5.25. The van der Waals surface area contributed by atoms with Crippen molar-refractivity contribution in [1.29, 1.82) is 0 Å². The third-order valence-electron chi connectivity index (χ3n) is 5.07. The van der Waals surface area contributed by atoms with Gasteiger partial charge in [0.05, 0.1) is 16.2 Å². The van der Waals surface area contributed by atoms with Gasteiger partial charge in [-0.15, -0.1) is 0 Å². The lowest BCUT2D eigenvalue weighted by Gasteiger charge is -2.36. The molecule has 2 amide bonds. The molecule has 0 saturated carbocycles. The summed E-state index contributed by atoms with van der Waals surface area (Å²) in [5.41, 5.74) is -0.345. The first-order valence-electron chi connectivity index (χ1n) is 9.39. The normalized spacial score (nSPS) is 16.6. The monoisotopic (exact) mass is 415 g/mol. The molecule has 2 aromatic carbocycles. The standard InChI is InChI=1S/C21H22FN3O5/c1-21(2,3)24(20(27)28)18-10-11-23(19(18)26)17-9-8-13(12-15(17)22)14-6-4-5-7-16(14)25(29)30/h4-9,12,18H,10-11H2,1-3H3,(H,27,28)/t18-/m0/s1. The molecule has 0 aromatic heterocycles. The number of benzene rings is 2. The third kappa shape index (κ3) is 3.83. The molecule has 1 N–H and O–H groups in total. The molecule has 1 fully saturated rings. The van der Waals surface area contributed by atoms with Crippen LogP contribution in [0.15, 0.2) is 42.5 Å². The van der Waals surface area contributed by atoms with E-state index >= 15 is 0 Å². The summed E-state index contributed by atoms with van der Waals surface area (Å²) in [5, 5.41) is 20.8. The van der Waals surface area contributed by atoms with Crippen LogP contribution in [0, 0.1) is 15.9 Å². The summed E-state index contributed by atoms with van der Waals surface area (Å²) in [4.78, 5) is 37.6.